The molecule has 0 fully saturated rings. The van der Waals surface area contributed by atoms with Crippen LogP contribution >= 0.6 is 0 Å². The van der Waals surface area contributed by atoms with Gasteiger partial charge >= 0.3 is 0 Å². The van der Waals surface area contributed by atoms with Crippen LogP contribution < -0.4 is 16.4 Å². The smallest absolute Gasteiger partial charge is 0.269 e. The molecule has 19 heavy (non-hydrogen) atoms. The van der Waals surface area contributed by atoms with E-state index in [1.807, 2.05) is 20.8 Å². The molecule has 0 saturated heterocycles. The molecule has 1 aromatic heterocycles. The number of anilines is 1. The Balaban J connectivity index is 2.82. The van der Waals surface area contributed by atoms with Gasteiger partial charge in [0.1, 0.15) is 5.69 Å². The lowest BCUT2D eigenvalue weighted by Gasteiger charge is -2.26. The van der Waals surface area contributed by atoms with Gasteiger partial charge in [-0.05, 0) is 32.9 Å². The zero-order valence-corrected chi connectivity index (χ0v) is 11.5. The van der Waals surface area contributed by atoms with Crippen LogP contribution in [0.2, 0.25) is 0 Å². The minimum absolute atomic E-state index is 0.200. The molecule has 0 bridgehead atoms. The lowest BCUT2D eigenvalue weighted by molar-refractivity contribution is -0.118. The first-order valence-corrected chi connectivity index (χ1v) is 6.15. The number of nitrogens with two attached hydrogens (primary N) is 1. The maximum absolute atomic E-state index is 11.7. The monoisotopic (exact) mass is 264 g/mol. The van der Waals surface area contributed by atoms with Gasteiger partial charge in [0.15, 0.2) is 0 Å². The molecule has 4 N–H and O–H groups in total. The largest absolute Gasteiger partial charge is 0.380 e. The van der Waals surface area contributed by atoms with Crippen LogP contribution in [0.3, 0.4) is 0 Å². The van der Waals surface area contributed by atoms with Gasteiger partial charge in [-0.2, -0.15) is 0 Å². The average Bonchev–Trinajstić information content (AvgIpc) is 2.27. The van der Waals surface area contributed by atoms with Crippen molar-refractivity contribution in [3.8, 4) is 0 Å². The van der Waals surface area contributed by atoms with Gasteiger partial charge in [0.25, 0.3) is 5.91 Å². The molecule has 0 aromatic carbocycles. The number of nitrogens with one attached hydrogen (secondary N) is 2. The van der Waals surface area contributed by atoms with E-state index < -0.39 is 5.54 Å². The fourth-order valence-corrected chi connectivity index (χ4v) is 1.75. The molecule has 0 aliphatic carbocycles. The molecule has 0 saturated carbocycles. The van der Waals surface area contributed by atoms with Crippen molar-refractivity contribution in [3.05, 3.63) is 24.0 Å². The Labute approximate surface area is 112 Å². The molecule has 0 atom stereocenters. The van der Waals surface area contributed by atoms with Crippen LogP contribution in [-0.4, -0.2) is 28.9 Å². The third-order valence-electron chi connectivity index (χ3n) is 2.43. The third-order valence-corrected chi connectivity index (χ3v) is 2.43. The summed E-state index contributed by atoms with van der Waals surface area (Å²) in [5, 5.41) is 5.85. The predicted octanol–water partition coefficient (Wildman–Crippen LogP) is 0.897. The van der Waals surface area contributed by atoms with E-state index in [1.165, 1.54) is 0 Å². The number of rotatable bonds is 6. The highest BCUT2D eigenvalue weighted by atomic mass is 16.2. The number of hydrogen-bond donors (Lipinski definition) is 3. The highest BCUT2D eigenvalue weighted by molar-refractivity contribution is 5.93. The summed E-state index contributed by atoms with van der Waals surface area (Å²) in [5.41, 5.74) is 5.77. The number of primary amides is 1. The first kappa shape index (κ1) is 14.9. The molecular formula is C13H20N4O2. The summed E-state index contributed by atoms with van der Waals surface area (Å²) in [7, 11) is 0. The summed E-state index contributed by atoms with van der Waals surface area (Å²) >= 11 is 0. The van der Waals surface area contributed by atoms with Crippen molar-refractivity contribution in [1.29, 1.82) is 0 Å². The van der Waals surface area contributed by atoms with Gasteiger partial charge in [-0.3, -0.25) is 14.6 Å². The van der Waals surface area contributed by atoms with Crippen LogP contribution in [0.25, 0.3) is 0 Å². The summed E-state index contributed by atoms with van der Waals surface area (Å²) in [6.45, 7) is 6.12. The fraction of sp³-hybridized carbons (Fsp3) is 0.462. The summed E-state index contributed by atoms with van der Waals surface area (Å²) in [6.07, 6.45) is 1.75. The van der Waals surface area contributed by atoms with Gasteiger partial charge in [-0.1, -0.05) is 0 Å². The van der Waals surface area contributed by atoms with Crippen molar-refractivity contribution < 1.29 is 9.59 Å². The van der Waals surface area contributed by atoms with Crippen LogP contribution in [0.5, 0.6) is 0 Å². The van der Waals surface area contributed by atoms with Gasteiger partial charge in [-0.25, -0.2) is 0 Å². The number of carbonyl (C=O) groups excluding carboxylic acids is 2. The van der Waals surface area contributed by atoms with Gasteiger partial charge in [0.05, 0.1) is 0 Å². The van der Waals surface area contributed by atoms with E-state index in [1.54, 1.807) is 18.3 Å². The molecule has 0 unspecified atom stereocenters. The van der Waals surface area contributed by atoms with Crippen molar-refractivity contribution >= 4 is 17.5 Å². The normalized spacial score (nSPS) is 10.9. The van der Waals surface area contributed by atoms with Crippen molar-refractivity contribution in [2.45, 2.75) is 32.7 Å². The average molecular weight is 264 g/mol. The number of pyridine rings is 1. The number of aromatic nitrogens is 1. The molecule has 6 heteroatoms. The first-order valence-electron chi connectivity index (χ1n) is 6.15. The Kier molecular flexibility index (Phi) is 4.86. The van der Waals surface area contributed by atoms with Crippen LogP contribution in [0.1, 0.15) is 37.7 Å². The fourth-order valence-electron chi connectivity index (χ4n) is 1.75. The second-order valence-electron chi connectivity index (χ2n) is 4.94. The molecule has 0 aliphatic heterocycles. The summed E-state index contributed by atoms with van der Waals surface area (Å²) in [5.74, 6) is -0.602. The maximum Gasteiger partial charge on any atom is 0.269 e. The van der Waals surface area contributed by atoms with Gasteiger partial charge in [0.2, 0.25) is 5.91 Å². The standard InChI is InChI=1S/C13H20N4O2/c1-4-15-12(19)10-7-9(5-6-16-10)17-13(2,3)8-11(14)18/h5-7H,4,8H2,1-3H3,(H2,14,18)(H,15,19)(H,16,17). The van der Waals surface area contributed by atoms with E-state index in [0.717, 1.165) is 5.69 Å². The molecule has 0 radical (unpaired) electrons. The maximum atomic E-state index is 11.7. The van der Waals surface area contributed by atoms with Crippen LogP contribution in [0, 0.1) is 0 Å². The number of nitrogens with zero attached hydrogens (tertiary/aromatic N) is 1. The quantitative estimate of drug-likeness (QED) is 0.711. The molecule has 6 nitrogen and oxygen atoms in total. The second-order valence-corrected chi connectivity index (χ2v) is 4.94. The Hall–Kier alpha value is -2.11. The Bertz CT molecular complexity index is 471. The Morgan fingerprint density at radius 1 is 1.42 bits per heavy atom. The highest BCUT2D eigenvalue weighted by Gasteiger charge is 2.20. The van der Waals surface area contributed by atoms with Gasteiger partial charge in [-0.15, -0.1) is 0 Å². The van der Waals surface area contributed by atoms with E-state index in [9.17, 15) is 9.59 Å². The van der Waals surface area contributed by atoms with E-state index in [4.69, 9.17) is 5.73 Å². The molecule has 1 aromatic rings. The number of amides is 2. The topological polar surface area (TPSA) is 97.1 Å². The molecule has 2 amide bonds. The SMILES string of the molecule is CCNC(=O)c1cc(NC(C)(C)CC(N)=O)ccn1. The van der Waals surface area contributed by atoms with E-state index in [0.29, 0.717) is 12.2 Å². The summed E-state index contributed by atoms with van der Waals surface area (Å²) < 4.78 is 0. The van der Waals surface area contributed by atoms with E-state index in [2.05, 4.69) is 15.6 Å². The lowest BCUT2D eigenvalue weighted by Crippen LogP contribution is -2.36. The molecule has 1 rings (SSSR count). The van der Waals surface area contributed by atoms with Gasteiger partial charge < -0.3 is 16.4 Å². The van der Waals surface area contributed by atoms with E-state index >= 15 is 0 Å². The zero-order chi connectivity index (χ0) is 14.5. The highest BCUT2D eigenvalue weighted by Crippen LogP contribution is 2.18. The minimum Gasteiger partial charge on any atom is -0.380 e. The second kappa shape index (κ2) is 6.17. The van der Waals surface area contributed by atoms with Crippen molar-refractivity contribution in [3.63, 3.8) is 0 Å². The predicted molar refractivity (Wildman–Crippen MR) is 73.8 cm³/mol. The summed E-state index contributed by atoms with van der Waals surface area (Å²) in [6, 6.07) is 3.39. The van der Waals surface area contributed by atoms with E-state index in [-0.39, 0.29) is 18.2 Å². The van der Waals surface area contributed by atoms with Crippen LogP contribution in [0.4, 0.5) is 5.69 Å². The van der Waals surface area contributed by atoms with Crippen molar-refractivity contribution in [2.75, 3.05) is 11.9 Å². The molecular weight excluding hydrogens is 244 g/mol. The lowest BCUT2D eigenvalue weighted by atomic mass is 10.00. The van der Waals surface area contributed by atoms with Gasteiger partial charge in [0, 0.05) is 30.4 Å². The first-order chi connectivity index (χ1) is 8.84. The van der Waals surface area contributed by atoms with Crippen LogP contribution in [0.15, 0.2) is 18.3 Å². The van der Waals surface area contributed by atoms with Crippen molar-refractivity contribution in [2.24, 2.45) is 5.73 Å². The Morgan fingerprint density at radius 2 is 2.11 bits per heavy atom. The number of hydrogen-bond acceptors (Lipinski definition) is 4. The summed E-state index contributed by atoms with van der Waals surface area (Å²) in [4.78, 5) is 26.6. The molecule has 1 heterocycles. The van der Waals surface area contributed by atoms with Crippen molar-refractivity contribution in [1.82, 2.24) is 10.3 Å². The number of carbonyl (C=O) groups is 2. The molecule has 0 spiro atoms. The zero-order valence-electron chi connectivity index (χ0n) is 11.5. The van der Waals surface area contributed by atoms with Crippen LogP contribution in [-0.2, 0) is 4.79 Å². The molecule has 0 aliphatic rings. The minimum atomic E-state index is -0.480. The molecule has 104 valence electrons. The Morgan fingerprint density at radius 3 is 2.68 bits per heavy atom. The third kappa shape index (κ3) is 4.95.